The topological polar surface area (TPSA) is 38.2 Å². The quantitative estimate of drug-likeness (QED) is 0.143. The Morgan fingerprint density at radius 2 is 1.03 bits per heavy atom. The minimum atomic E-state index is -0.586. The Balaban J connectivity index is 1.01. The van der Waals surface area contributed by atoms with Crippen LogP contribution in [0.5, 0.6) is 5.75 Å². The minimum Gasteiger partial charge on any atom is -0.497 e. The van der Waals surface area contributed by atoms with Gasteiger partial charge in [0.1, 0.15) is 5.75 Å². The van der Waals surface area contributed by atoms with Crippen LogP contribution in [-0.2, 0) is 5.41 Å². The average Bonchev–Trinajstić information content (AvgIpc) is 3.68. The number of ether oxygens (including phenoxy) is 1. The SMILES string of the molecule is COc1ccc(N(c2ccc(C3(c4cccc(-c5cccc(-c6ccc7ccc8cccnc8c7n6)c5)c4)c4ccccc4-c4ccccc43)cc2)c2cccc3ccccc23)cc1. The third-order valence-electron chi connectivity index (χ3n) is 13.1. The smallest absolute Gasteiger partial charge is 0.119 e. The highest BCUT2D eigenvalue weighted by atomic mass is 16.5. The summed E-state index contributed by atoms with van der Waals surface area (Å²) in [6.45, 7) is 0. The van der Waals surface area contributed by atoms with E-state index in [2.05, 4.69) is 211 Å². The predicted octanol–water partition coefficient (Wildman–Crippen LogP) is 15.1. The van der Waals surface area contributed by atoms with E-state index in [4.69, 9.17) is 14.7 Å². The third-order valence-corrected chi connectivity index (χ3v) is 13.1. The molecular weight excluding hydrogens is 779 g/mol. The second kappa shape index (κ2) is 15.2. The maximum absolute atomic E-state index is 5.58. The molecule has 2 aromatic heterocycles. The number of nitrogens with zero attached hydrogens (tertiary/aromatic N) is 3. The van der Waals surface area contributed by atoms with Gasteiger partial charge in [0.25, 0.3) is 0 Å². The van der Waals surface area contributed by atoms with Crippen LogP contribution in [0.4, 0.5) is 17.1 Å². The van der Waals surface area contributed by atoms with Gasteiger partial charge in [-0.15, -0.1) is 0 Å². The van der Waals surface area contributed by atoms with E-state index in [1.165, 1.54) is 44.2 Å². The molecule has 0 saturated heterocycles. The first kappa shape index (κ1) is 37.4. The van der Waals surface area contributed by atoms with Gasteiger partial charge in [-0.2, -0.15) is 0 Å². The van der Waals surface area contributed by atoms with Gasteiger partial charge in [-0.1, -0.05) is 158 Å². The summed E-state index contributed by atoms with van der Waals surface area (Å²) in [6, 6.07) is 81.1. The molecule has 1 aliphatic carbocycles. The fourth-order valence-corrected chi connectivity index (χ4v) is 10.1. The molecule has 12 rings (SSSR count). The lowest BCUT2D eigenvalue weighted by molar-refractivity contribution is 0.415. The van der Waals surface area contributed by atoms with Gasteiger partial charge in [0.2, 0.25) is 0 Å². The van der Waals surface area contributed by atoms with E-state index in [9.17, 15) is 0 Å². The van der Waals surface area contributed by atoms with Crippen LogP contribution in [0.15, 0.2) is 231 Å². The van der Waals surface area contributed by atoms with Gasteiger partial charge in [-0.25, -0.2) is 4.98 Å². The van der Waals surface area contributed by atoms with Gasteiger partial charge < -0.3 is 9.64 Å². The molecule has 0 N–H and O–H groups in total. The molecule has 0 aliphatic heterocycles. The standard InChI is InChI=1S/C60H41N3O/c1-64-50-34-32-49(33-35-50)63(57-24-10-13-40-12-2-3-19-51(40)57)48-30-28-46(29-31-48)60(54-22-6-4-20-52(54)53-21-5-7-23-55(53)60)47-18-9-15-44(39-47)43-14-8-16-45(38-43)56-36-27-42-26-25-41-17-11-37-61-58(41)59(42)62-56/h2-39H,1H3. The van der Waals surface area contributed by atoms with Crippen molar-refractivity contribution in [3.05, 3.63) is 253 Å². The van der Waals surface area contributed by atoms with E-state index in [1.54, 1.807) is 7.11 Å². The highest BCUT2D eigenvalue weighted by molar-refractivity contribution is 6.03. The average molecular weight is 820 g/mol. The molecule has 0 radical (unpaired) electrons. The van der Waals surface area contributed by atoms with E-state index in [0.29, 0.717) is 0 Å². The van der Waals surface area contributed by atoms with Gasteiger partial charge in [0, 0.05) is 39.3 Å². The van der Waals surface area contributed by atoms with Crippen LogP contribution in [0.3, 0.4) is 0 Å². The van der Waals surface area contributed by atoms with Crippen LogP contribution in [0.2, 0.25) is 0 Å². The summed E-state index contributed by atoms with van der Waals surface area (Å²) < 4.78 is 5.58. The predicted molar refractivity (Wildman–Crippen MR) is 264 cm³/mol. The monoisotopic (exact) mass is 819 g/mol. The van der Waals surface area contributed by atoms with Crippen molar-refractivity contribution in [2.75, 3.05) is 12.0 Å². The number of rotatable bonds is 8. The first-order chi connectivity index (χ1) is 31.7. The molecule has 0 bridgehead atoms. The van der Waals surface area contributed by atoms with Crippen molar-refractivity contribution < 1.29 is 4.74 Å². The van der Waals surface area contributed by atoms with Gasteiger partial charge in [0.15, 0.2) is 0 Å². The molecule has 4 nitrogen and oxygen atoms in total. The summed E-state index contributed by atoms with van der Waals surface area (Å²) in [5.74, 6) is 0.822. The van der Waals surface area contributed by atoms with E-state index in [-0.39, 0.29) is 0 Å². The molecule has 11 aromatic rings. The Bertz CT molecular complexity index is 3510. The zero-order valence-electron chi connectivity index (χ0n) is 35.2. The number of pyridine rings is 2. The zero-order valence-corrected chi connectivity index (χ0v) is 35.2. The number of hydrogen-bond donors (Lipinski definition) is 0. The first-order valence-corrected chi connectivity index (χ1v) is 21.8. The van der Waals surface area contributed by atoms with E-state index in [0.717, 1.165) is 67.0 Å². The molecule has 0 saturated carbocycles. The molecule has 0 atom stereocenters. The summed E-state index contributed by atoms with van der Waals surface area (Å²) in [6.07, 6.45) is 1.84. The molecule has 0 amide bonds. The zero-order chi connectivity index (χ0) is 42.6. The normalized spacial score (nSPS) is 12.6. The molecular formula is C60H41N3O. The molecule has 9 aromatic carbocycles. The second-order valence-corrected chi connectivity index (χ2v) is 16.5. The lowest BCUT2D eigenvalue weighted by Crippen LogP contribution is -2.28. The third kappa shape index (κ3) is 5.99. The fourth-order valence-electron chi connectivity index (χ4n) is 10.1. The van der Waals surface area contributed by atoms with Crippen molar-refractivity contribution in [2.45, 2.75) is 5.41 Å². The van der Waals surface area contributed by atoms with E-state index >= 15 is 0 Å². The summed E-state index contributed by atoms with van der Waals surface area (Å²) in [5.41, 5.74) is 16.2. The highest BCUT2D eigenvalue weighted by Gasteiger charge is 2.46. The van der Waals surface area contributed by atoms with Crippen LogP contribution < -0.4 is 9.64 Å². The Morgan fingerprint density at radius 3 is 1.80 bits per heavy atom. The van der Waals surface area contributed by atoms with Crippen molar-refractivity contribution in [3.8, 4) is 39.3 Å². The lowest BCUT2D eigenvalue weighted by Gasteiger charge is -2.35. The summed E-state index contributed by atoms with van der Waals surface area (Å²) in [5, 5.41) is 4.54. The number of hydrogen-bond acceptors (Lipinski definition) is 4. The Labute approximate surface area is 372 Å². The minimum absolute atomic E-state index is 0.586. The summed E-state index contributed by atoms with van der Waals surface area (Å²) >= 11 is 0. The van der Waals surface area contributed by atoms with Crippen molar-refractivity contribution in [1.29, 1.82) is 0 Å². The highest BCUT2D eigenvalue weighted by Crippen LogP contribution is 2.56. The number of anilines is 3. The largest absolute Gasteiger partial charge is 0.497 e. The summed E-state index contributed by atoms with van der Waals surface area (Å²) in [4.78, 5) is 12.3. The molecule has 2 heterocycles. The number of benzene rings is 9. The van der Waals surface area contributed by atoms with E-state index < -0.39 is 5.41 Å². The summed E-state index contributed by atoms with van der Waals surface area (Å²) in [7, 11) is 1.71. The van der Waals surface area contributed by atoms with Crippen molar-refractivity contribution in [1.82, 2.24) is 9.97 Å². The molecule has 0 spiro atoms. The van der Waals surface area contributed by atoms with Crippen LogP contribution in [-0.4, -0.2) is 17.1 Å². The molecule has 4 heteroatoms. The van der Waals surface area contributed by atoms with Gasteiger partial charge >= 0.3 is 0 Å². The van der Waals surface area contributed by atoms with Crippen LogP contribution in [0, 0.1) is 0 Å². The van der Waals surface area contributed by atoms with Gasteiger partial charge in [-0.3, -0.25) is 4.98 Å². The number of fused-ring (bicyclic) bond motifs is 7. The Morgan fingerprint density at radius 1 is 0.438 bits per heavy atom. The molecule has 64 heavy (non-hydrogen) atoms. The first-order valence-electron chi connectivity index (χ1n) is 21.8. The van der Waals surface area contributed by atoms with Crippen molar-refractivity contribution in [3.63, 3.8) is 0 Å². The van der Waals surface area contributed by atoms with Gasteiger partial charge in [0.05, 0.1) is 34.9 Å². The van der Waals surface area contributed by atoms with Crippen molar-refractivity contribution >= 4 is 49.6 Å². The van der Waals surface area contributed by atoms with Crippen LogP contribution in [0.1, 0.15) is 22.3 Å². The fraction of sp³-hybridized carbons (Fsp3) is 0.0333. The Kier molecular flexibility index (Phi) is 8.91. The molecule has 1 aliphatic rings. The number of aromatic nitrogens is 2. The van der Waals surface area contributed by atoms with Crippen LogP contribution >= 0.6 is 0 Å². The maximum atomic E-state index is 5.58. The second-order valence-electron chi connectivity index (χ2n) is 16.5. The molecule has 302 valence electrons. The van der Waals surface area contributed by atoms with E-state index in [1.807, 2.05) is 24.4 Å². The Hall–Kier alpha value is -8.34. The van der Waals surface area contributed by atoms with Crippen LogP contribution in [0.25, 0.3) is 66.1 Å². The molecule has 0 unspecified atom stereocenters. The van der Waals surface area contributed by atoms with Crippen molar-refractivity contribution in [2.24, 2.45) is 0 Å². The molecule has 0 fully saturated rings. The van der Waals surface area contributed by atoms with Gasteiger partial charge in [-0.05, 0) is 117 Å². The number of methoxy groups -OCH3 is 1. The lowest BCUT2D eigenvalue weighted by atomic mass is 9.67. The maximum Gasteiger partial charge on any atom is 0.119 e.